The first-order valence-electron chi connectivity index (χ1n) is 6.43. The number of aromatic amines is 1. The molecule has 1 aromatic rings. The van der Waals surface area contributed by atoms with E-state index in [-0.39, 0.29) is 17.9 Å². The molecule has 2 atom stereocenters. The maximum absolute atomic E-state index is 12.4. The van der Waals surface area contributed by atoms with Gasteiger partial charge in [-0.05, 0) is 19.3 Å². The second kappa shape index (κ2) is 5.95. The fraction of sp³-hybridized carbons (Fsp3) is 0.750. The van der Waals surface area contributed by atoms with E-state index < -0.39 is 0 Å². The summed E-state index contributed by atoms with van der Waals surface area (Å²) < 4.78 is 5.66. The van der Waals surface area contributed by atoms with Crippen LogP contribution in [0.2, 0.25) is 0 Å². The van der Waals surface area contributed by atoms with Gasteiger partial charge in [-0.1, -0.05) is 6.92 Å². The number of ether oxygens (including phenoxy) is 1. The summed E-state index contributed by atoms with van der Waals surface area (Å²) in [6, 6.07) is 0. The highest BCUT2D eigenvalue weighted by molar-refractivity contribution is 5.79. The van der Waals surface area contributed by atoms with Crippen LogP contribution in [-0.4, -0.2) is 45.7 Å². The maximum Gasteiger partial charge on any atom is 0.228 e. The Kier molecular flexibility index (Phi) is 4.30. The molecule has 1 aliphatic rings. The summed E-state index contributed by atoms with van der Waals surface area (Å²) in [6.45, 7) is 3.30. The first kappa shape index (κ1) is 13.0. The minimum Gasteiger partial charge on any atom is -0.377 e. The molecule has 0 spiro atoms. The number of hydrogen-bond donors (Lipinski definition) is 1. The van der Waals surface area contributed by atoms with Gasteiger partial charge in [0, 0.05) is 13.7 Å². The Hall–Kier alpha value is -1.43. The molecule has 1 N–H and O–H groups in total. The Morgan fingerprint density at radius 3 is 3.17 bits per heavy atom. The first-order chi connectivity index (χ1) is 8.72. The van der Waals surface area contributed by atoms with Gasteiger partial charge in [-0.2, -0.15) is 5.10 Å². The van der Waals surface area contributed by atoms with Crippen molar-refractivity contribution in [1.82, 2.24) is 20.1 Å². The number of carbonyl (C=O) groups excluding carboxylic acids is 1. The molecule has 1 amide bonds. The van der Waals surface area contributed by atoms with Crippen LogP contribution in [0.4, 0.5) is 0 Å². The van der Waals surface area contributed by atoms with E-state index in [2.05, 4.69) is 22.1 Å². The summed E-state index contributed by atoms with van der Waals surface area (Å²) >= 11 is 0. The average molecular weight is 252 g/mol. The second-order valence-corrected chi connectivity index (χ2v) is 4.69. The van der Waals surface area contributed by atoms with E-state index in [1.165, 1.54) is 6.33 Å². The van der Waals surface area contributed by atoms with Crippen molar-refractivity contribution in [2.45, 2.75) is 38.8 Å². The number of H-pyrrole nitrogens is 1. The molecule has 0 aliphatic carbocycles. The topological polar surface area (TPSA) is 71.1 Å². The molecule has 1 fully saturated rings. The zero-order valence-electron chi connectivity index (χ0n) is 10.9. The third-order valence-corrected chi connectivity index (χ3v) is 3.39. The Labute approximate surface area is 107 Å². The predicted octanol–water partition coefficient (Wildman–Crippen LogP) is 0.968. The van der Waals surface area contributed by atoms with E-state index in [9.17, 15) is 4.79 Å². The SMILES string of the molecule is CC[C@@H]1OCCC[C@@H]1C(=O)N(C)Cc1ncn[nH]1. The van der Waals surface area contributed by atoms with Gasteiger partial charge >= 0.3 is 0 Å². The monoisotopic (exact) mass is 252 g/mol. The van der Waals surface area contributed by atoms with Crippen molar-refractivity contribution in [3.05, 3.63) is 12.2 Å². The van der Waals surface area contributed by atoms with Gasteiger partial charge in [0.25, 0.3) is 0 Å². The van der Waals surface area contributed by atoms with Crippen molar-refractivity contribution in [3.8, 4) is 0 Å². The number of carbonyl (C=O) groups is 1. The van der Waals surface area contributed by atoms with Gasteiger partial charge in [0.15, 0.2) is 0 Å². The Balaban J connectivity index is 1.96. The van der Waals surface area contributed by atoms with Crippen LogP contribution in [0.3, 0.4) is 0 Å². The molecule has 1 aromatic heterocycles. The van der Waals surface area contributed by atoms with Crippen molar-refractivity contribution in [2.24, 2.45) is 5.92 Å². The summed E-state index contributed by atoms with van der Waals surface area (Å²) in [5, 5.41) is 6.54. The highest BCUT2D eigenvalue weighted by Crippen LogP contribution is 2.25. The molecule has 1 aliphatic heterocycles. The van der Waals surface area contributed by atoms with E-state index in [4.69, 9.17) is 4.74 Å². The van der Waals surface area contributed by atoms with Crippen molar-refractivity contribution in [1.29, 1.82) is 0 Å². The molecular weight excluding hydrogens is 232 g/mol. The van der Waals surface area contributed by atoms with Crippen molar-refractivity contribution < 1.29 is 9.53 Å². The number of aromatic nitrogens is 3. The van der Waals surface area contributed by atoms with Gasteiger partial charge in [-0.15, -0.1) is 0 Å². The largest absolute Gasteiger partial charge is 0.377 e. The van der Waals surface area contributed by atoms with Gasteiger partial charge in [-0.3, -0.25) is 9.89 Å². The van der Waals surface area contributed by atoms with Crippen LogP contribution in [0.15, 0.2) is 6.33 Å². The smallest absolute Gasteiger partial charge is 0.228 e. The molecule has 2 heterocycles. The zero-order chi connectivity index (χ0) is 13.0. The Morgan fingerprint density at radius 2 is 2.50 bits per heavy atom. The molecule has 2 rings (SSSR count). The quantitative estimate of drug-likeness (QED) is 0.866. The molecule has 0 bridgehead atoms. The number of rotatable bonds is 4. The van der Waals surface area contributed by atoms with Crippen LogP contribution in [0.1, 0.15) is 32.0 Å². The minimum absolute atomic E-state index is 0.0170. The van der Waals surface area contributed by atoms with Gasteiger partial charge in [-0.25, -0.2) is 4.98 Å². The van der Waals surface area contributed by atoms with Crippen LogP contribution in [0, 0.1) is 5.92 Å². The van der Waals surface area contributed by atoms with Crippen molar-refractivity contribution in [3.63, 3.8) is 0 Å². The Morgan fingerprint density at radius 1 is 1.67 bits per heavy atom. The highest BCUT2D eigenvalue weighted by atomic mass is 16.5. The van der Waals surface area contributed by atoms with E-state index in [0.29, 0.717) is 12.4 Å². The molecule has 1 saturated heterocycles. The fourth-order valence-electron chi connectivity index (χ4n) is 2.42. The molecule has 0 radical (unpaired) electrons. The third kappa shape index (κ3) is 2.87. The summed E-state index contributed by atoms with van der Waals surface area (Å²) in [5.41, 5.74) is 0. The van der Waals surface area contributed by atoms with E-state index in [1.807, 2.05) is 0 Å². The summed E-state index contributed by atoms with van der Waals surface area (Å²) in [5.74, 6) is 0.824. The lowest BCUT2D eigenvalue weighted by atomic mass is 9.91. The Bertz CT molecular complexity index is 379. The number of amides is 1. The van der Waals surface area contributed by atoms with E-state index in [0.717, 1.165) is 25.9 Å². The number of nitrogens with zero attached hydrogens (tertiary/aromatic N) is 3. The summed E-state index contributed by atoms with van der Waals surface area (Å²) in [7, 11) is 1.80. The normalized spacial score (nSPS) is 23.9. The standard InChI is InChI=1S/C12H20N4O2/c1-3-10-9(5-4-6-18-10)12(17)16(2)7-11-13-8-14-15-11/h8-10H,3-7H2,1-2H3,(H,13,14,15)/t9-,10-/m0/s1. The summed E-state index contributed by atoms with van der Waals surface area (Å²) in [4.78, 5) is 18.1. The predicted molar refractivity (Wildman–Crippen MR) is 65.6 cm³/mol. The second-order valence-electron chi connectivity index (χ2n) is 4.69. The lowest BCUT2D eigenvalue weighted by Crippen LogP contribution is -2.42. The average Bonchev–Trinajstić information content (AvgIpc) is 2.90. The van der Waals surface area contributed by atoms with Crippen molar-refractivity contribution in [2.75, 3.05) is 13.7 Å². The van der Waals surface area contributed by atoms with Gasteiger partial charge in [0.1, 0.15) is 12.2 Å². The molecule has 0 unspecified atom stereocenters. The maximum atomic E-state index is 12.4. The van der Waals surface area contributed by atoms with Gasteiger partial charge < -0.3 is 9.64 Å². The highest BCUT2D eigenvalue weighted by Gasteiger charge is 2.32. The fourth-order valence-corrected chi connectivity index (χ4v) is 2.42. The van der Waals surface area contributed by atoms with Crippen LogP contribution < -0.4 is 0 Å². The van der Waals surface area contributed by atoms with Gasteiger partial charge in [0.05, 0.1) is 18.6 Å². The lowest BCUT2D eigenvalue weighted by Gasteiger charge is -2.32. The zero-order valence-corrected chi connectivity index (χ0v) is 10.9. The molecule has 6 nitrogen and oxygen atoms in total. The molecule has 0 aromatic carbocycles. The van der Waals surface area contributed by atoms with Crippen LogP contribution in [0.25, 0.3) is 0 Å². The van der Waals surface area contributed by atoms with E-state index >= 15 is 0 Å². The molecule has 6 heteroatoms. The van der Waals surface area contributed by atoms with Crippen LogP contribution >= 0.6 is 0 Å². The molecule has 18 heavy (non-hydrogen) atoms. The summed E-state index contributed by atoms with van der Waals surface area (Å²) in [6.07, 6.45) is 4.27. The van der Waals surface area contributed by atoms with Crippen molar-refractivity contribution >= 4 is 5.91 Å². The molecule has 100 valence electrons. The third-order valence-electron chi connectivity index (χ3n) is 3.39. The van der Waals surface area contributed by atoms with Crippen LogP contribution in [0.5, 0.6) is 0 Å². The van der Waals surface area contributed by atoms with Crippen LogP contribution in [-0.2, 0) is 16.1 Å². The number of hydrogen-bond acceptors (Lipinski definition) is 4. The first-order valence-corrected chi connectivity index (χ1v) is 6.43. The lowest BCUT2D eigenvalue weighted by molar-refractivity contribution is -0.144. The van der Waals surface area contributed by atoms with Gasteiger partial charge in [0.2, 0.25) is 5.91 Å². The van der Waals surface area contributed by atoms with E-state index in [1.54, 1.807) is 11.9 Å². The molecule has 0 saturated carbocycles. The minimum atomic E-state index is -0.0170. The molecular formula is C12H20N4O2. The number of nitrogens with one attached hydrogen (secondary N) is 1.